The van der Waals surface area contributed by atoms with E-state index in [4.69, 9.17) is 0 Å². The predicted molar refractivity (Wildman–Crippen MR) is 58.5 cm³/mol. The zero-order chi connectivity index (χ0) is 9.80. The zero-order valence-electron chi connectivity index (χ0n) is 8.71. The molecule has 0 aliphatic carbocycles. The molecule has 0 amide bonds. The van der Waals surface area contributed by atoms with Gasteiger partial charge >= 0.3 is 0 Å². The molecule has 2 aliphatic heterocycles. The first-order valence-corrected chi connectivity index (χ1v) is 5.23. The summed E-state index contributed by atoms with van der Waals surface area (Å²) in [6, 6.07) is 0. The Hall–Kier alpha value is -1.03. The third-order valence-electron chi connectivity index (χ3n) is 2.66. The van der Waals surface area contributed by atoms with Crippen LogP contribution in [-0.4, -0.2) is 50.6 Å². The fourth-order valence-corrected chi connectivity index (χ4v) is 1.69. The van der Waals surface area contributed by atoms with Crippen molar-refractivity contribution >= 4 is 5.96 Å². The maximum absolute atomic E-state index is 4.29. The van der Waals surface area contributed by atoms with Crippen molar-refractivity contribution in [2.45, 2.75) is 6.42 Å². The third-order valence-corrected chi connectivity index (χ3v) is 2.66. The number of aliphatic imine (C=N–C) groups is 1. The van der Waals surface area contributed by atoms with Gasteiger partial charge in [0.2, 0.25) is 0 Å². The second-order valence-corrected chi connectivity index (χ2v) is 3.89. The molecule has 0 atom stereocenters. The summed E-state index contributed by atoms with van der Waals surface area (Å²) in [5.74, 6) is 0.963. The van der Waals surface area contributed by atoms with Crippen molar-refractivity contribution in [1.82, 2.24) is 15.5 Å². The maximum Gasteiger partial charge on any atom is 0.191 e. The van der Waals surface area contributed by atoms with E-state index in [0.29, 0.717) is 0 Å². The Bertz CT molecular complexity index is 257. The third kappa shape index (κ3) is 2.48. The molecule has 2 N–H and O–H groups in total. The van der Waals surface area contributed by atoms with Crippen molar-refractivity contribution in [1.29, 1.82) is 0 Å². The minimum atomic E-state index is 0.907. The van der Waals surface area contributed by atoms with Crippen LogP contribution in [0.15, 0.2) is 16.6 Å². The van der Waals surface area contributed by atoms with E-state index in [0.717, 1.165) is 32.1 Å². The van der Waals surface area contributed by atoms with Gasteiger partial charge in [0.05, 0.1) is 6.54 Å². The minimum Gasteiger partial charge on any atom is -0.355 e. The van der Waals surface area contributed by atoms with E-state index in [-0.39, 0.29) is 0 Å². The molecule has 0 aromatic rings. The lowest BCUT2D eigenvalue weighted by atomic mass is 10.1. The number of hydrogen-bond acceptors (Lipinski definition) is 4. The Kier molecular flexibility index (Phi) is 3.03. The molecule has 2 rings (SSSR count). The summed E-state index contributed by atoms with van der Waals surface area (Å²) < 4.78 is 0. The van der Waals surface area contributed by atoms with Gasteiger partial charge in [-0.25, -0.2) is 0 Å². The molecule has 2 aliphatic rings. The summed E-state index contributed by atoms with van der Waals surface area (Å²) in [5.41, 5.74) is 1.50. The molecule has 0 fully saturated rings. The van der Waals surface area contributed by atoms with Gasteiger partial charge in [-0.1, -0.05) is 11.6 Å². The SMILES string of the molecule is CN1CC=C(CNC2=NCCN2)CC1. The van der Waals surface area contributed by atoms with E-state index in [9.17, 15) is 0 Å². The highest BCUT2D eigenvalue weighted by Crippen LogP contribution is 2.07. The number of likely N-dealkylation sites (N-methyl/N-ethyl adjacent to an activating group) is 1. The normalized spacial score (nSPS) is 22.6. The van der Waals surface area contributed by atoms with E-state index in [1.165, 1.54) is 18.5 Å². The van der Waals surface area contributed by atoms with Crippen molar-refractivity contribution in [2.75, 3.05) is 39.8 Å². The molecule has 0 spiro atoms. The van der Waals surface area contributed by atoms with Gasteiger partial charge < -0.3 is 15.5 Å². The van der Waals surface area contributed by atoms with Crippen molar-refractivity contribution in [2.24, 2.45) is 4.99 Å². The lowest BCUT2D eigenvalue weighted by Gasteiger charge is -2.22. The number of hydrogen-bond donors (Lipinski definition) is 2. The molecule has 0 saturated heterocycles. The highest BCUT2D eigenvalue weighted by atomic mass is 15.2. The Balaban J connectivity index is 1.75. The summed E-state index contributed by atoms with van der Waals surface area (Å²) in [4.78, 5) is 6.62. The molecule has 2 heterocycles. The van der Waals surface area contributed by atoms with Crippen LogP contribution in [0.4, 0.5) is 0 Å². The van der Waals surface area contributed by atoms with Gasteiger partial charge in [-0.05, 0) is 13.5 Å². The molecule has 0 bridgehead atoms. The van der Waals surface area contributed by atoms with Crippen LogP contribution in [0, 0.1) is 0 Å². The van der Waals surface area contributed by atoms with Crippen molar-refractivity contribution < 1.29 is 0 Å². The average Bonchev–Trinajstić information content (AvgIpc) is 2.70. The first kappa shape index (κ1) is 9.52. The van der Waals surface area contributed by atoms with Crippen LogP contribution in [0.2, 0.25) is 0 Å². The highest BCUT2D eigenvalue weighted by Gasteiger charge is 2.09. The Labute approximate surface area is 85.1 Å². The second kappa shape index (κ2) is 4.46. The topological polar surface area (TPSA) is 39.7 Å². The lowest BCUT2D eigenvalue weighted by Crippen LogP contribution is -2.36. The fourth-order valence-electron chi connectivity index (χ4n) is 1.69. The van der Waals surface area contributed by atoms with Crippen LogP contribution in [-0.2, 0) is 0 Å². The maximum atomic E-state index is 4.29. The van der Waals surface area contributed by atoms with Gasteiger partial charge in [0.15, 0.2) is 5.96 Å². The lowest BCUT2D eigenvalue weighted by molar-refractivity contribution is 0.357. The summed E-state index contributed by atoms with van der Waals surface area (Å²) in [5, 5.41) is 6.52. The molecule has 0 unspecified atom stereocenters. The van der Waals surface area contributed by atoms with Crippen LogP contribution in [0.3, 0.4) is 0 Å². The van der Waals surface area contributed by atoms with Gasteiger partial charge in [0, 0.05) is 26.2 Å². The molecular weight excluding hydrogens is 176 g/mol. The summed E-state index contributed by atoms with van der Waals surface area (Å²) >= 11 is 0. The molecule has 4 nitrogen and oxygen atoms in total. The summed E-state index contributed by atoms with van der Waals surface area (Å²) in [6.45, 7) is 5.08. The monoisotopic (exact) mass is 194 g/mol. The molecular formula is C10H18N4. The predicted octanol–water partition coefficient (Wildman–Crippen LogP) is -0.203. The van der Waals surface area contributed by atoms with E-state index in [1.54, 1.807) is 0 Å². The Morgan fingerprint density at radius 2 is 2.57 bits per heavy atom. The smallest absolute Gasteiger partial charge is 0.191 e. The highest BCUT2D eigenvalue weighted by molar-refractivity contribution is 5.81. The minimum absolute atomic E-state index is 0.907. The van der Waals surface area contributed by atoms with Gasteiger partial charge in [-0.3, -0.25) is 4.99 Å². The summed E-state index contributed by atoms with van der Waals surface area (Å²) in [7, 11) is 2.16. The molecule has 0 aromatic carbocycles. The van der Waals surface area contributed by atoms with Crippen LogP contribution in [0.1, 0.15) is 6.42 Å². The first-order chi connectivity index (χ1) is 6.84. The quantitative estimate of drug-likeness (QED) is 0.598. The molecule has 14 heavy (non-hydrogen) atoms. The zero-order valence-corrected chi connectivity index (χ0v) is 8.71. The first-order valence-electron chi connectivity index (χ1n) is 5.23. The summed E-state index contributed by atoms with van der Waals surface area (Å²) in [6.07, 6.45) is 3.49. The molecule has 0 saturated carbocycles. The Morgan fingerprint density at radius 3 is 3.21 bits per heavy atom. The van der Waals surface area contributed by atoms with Gasteiger partial charge in [0.25, 0.3) is 0 Å². The fraction of sp³-hybridized carbons (Fsp3) is 0.700. The van der Waals surface area contributed by atoms with Crippen LogP contribution in [0.25, 0.3) is 0 Å². The molecule has 78 valence electrons. The van der Waals surface area contributed by atoms with Crippen molar-refractivity contribution in [3.8, 4) is 0 Å². The second-order valence-electron chi connectivity index (χ2n) is 3.89. The van der Waals surface area contributed by atoms with E-state index in [1.807, 2.05) is 0 Å². The van der Waals surface area contributed by atoms with E-state index >= 15 is 0 Å². The standard InChI is InChI=1S/C10H18N4/c1-14-6-2-9(3-7-14)8-13-10-11-4-5-12-10/h2H,3-8H2,1H3,(H2,11,12,13). The van der Waals surface area contributed by atoms with Crippen LogP contribution < -0.4 is 10.6 Å². The molecule has 0 radical (unpaired) electrons. The van der Waals surface area contributed by atoms with Crippen molar-refractivity contribution in [3.63, 3.8) is 0 Å². The number of nitrogens with zero attached hydrogens (tertiary/aromatic N) is 2. The largest absolute Gasteiger partial charge is 0.355 e. The van der Waals surface area contributed by atoms with Crippen molar-refractivity contribution in [3.05, 3.63) is 11.6 Å². The Morgan fingerprint density at radius 1 is 1.64 bits per heavy atom. The molecule has 4 heteroatoms. The van der Waals surface area contributed by atoms with Crippen LogP contribution in [0.5, 0.6) is 0 Å². The molecule has 0 aromatic heterocycles. The van der Waals surface area contributed by atoms with Gasteiger partial charge in [-0.2, -0.15) is 0 Å². The van der Waals surface area contributed by atoms with Gasteiger partial charge in [-0.15, -0.1) is 0 Å². The number of guanidine groups is 1. The van der Waals surface area contributed by atoms with Gasteiger partial charge in [0.1, 0.15) is 0 Å². The van der Waals surface area contributed by atoms with E-state index in [2.05, 4.69) is 33.6 Å². The number of rotatable bonds is 2. The van der Waals surface area contributed by atoms with Crippen LogP contribution >= 0.6 is 0 Å². The number of nitrogens with one attached hydrogen (secondary N) is 2. The average molecular weight is 194 g/mol. The van der Waals surface area contributed by atoms with E-state index < -0.39 is 0 Å².